The molecule has 5 rings (SSSR count). The van der Waals surface area contributed by atoms with E-state index in [9.17, 15) is 42.0 Å². The van der Waals surface area contributed by atoms with Crippen molar-refractivity contribution in [3.63, 3.8) is 0 Å². The summed E-state index contributed by atoms with van der Waals surface area (Å²) in [6, 6.07) is -0.771. The van der Waals surface area contributed by atoms with E-state index in [1.54, 1.807) is 109 Å². The fraction of sp³-hybridized carbons (Fsp3) is 0.582. The predicted molar refractivity (Wildman–Crippen MR) is 413 cm³/mol. The number of terminal acetylenes is 4. The molecule has 5 aliphatic heterocycles. The zero-order chi connectivity index (χ0) is 79.9. The van der Waals surface area contributed by atoms with Gasteiger partial charge in [-0.1, -0.05) is 50.7 Å². The average molecular weight is 1520 g/mol. The van der Waals surface area contributed by atoms with Crippen molar-refractivity contribution >= 4 is 52.6 Å². The summed E-state index contributed by atoms with van der Waals surface area (Å²) in [5.74, 6) is 33.5. The molecule has 5 aliphatic rings. The molecule has 6 N–H and O–H groups in total. The molecule has 24 heteroatoms. The summed E-state index contributed by atoms with van der Waals surface area (Å²) >= 11 is 0. The average Bonchev–Trinajstić information content (AvgIpc) is 0.763. The largest absolute Gasteiger partial charge is 0.444 e. The molecule has 0 aromatic rings. The normalized spacial score (nSPS) is 17.0. The molecule has 0 aliphatic carbocycles. The van der Waals surface area contributed by atoms with Crippen LogP contribution >= 0.6 is 0 Å². The van der Waals surface area contributed by atoms with E-state index < -0.39 is 45.5 Å². The third kappa shape index (κ3) is 38.8. The number of urea groups is 1. The van der Waals surface area contributed by atoms with Gasteiger partial charge in [-0.2, -0.15) is 0 Å². The molecule has 0 aromatic heterocycles. The van der Waals surface area contributed by atoms with Crippen LogP contribution in [0, 0.1) is 114 Å². The first-order chi connectivity index (χ1) is 46.3. The summed E-state index contributed by atoms with van der Waals surface area (Å²) in [5, 5.41) is 16.1. The Morgan fingerprint density at radius 2 is 0.922 bits per heavy atom. The minimum Gasteiger partial charge on any atom is -0.444 e. The van der Waals surface area contributed by atoms with E-state index in [1.165, 1.54) is 6.92 Å². The maximum atomic E-state index is 12.7. The van der Waals surface area contributed by atoms with Crippen molar-refractivity contribution in [3.05, 3.63) is 45.6 Å². The Balaban J connectivity index is -0.000000267. The van der Waals surface area contributed by atoms with Crippen molar-refractivity contribution in [1.82, 2.24) is 56.4 Å². The van der Waals surface area contributed by atoms with Crippen LogP contribution in [0.3, 0.4) is 0 Å². The number of rotatable bonds is 8. The quantitative estimate of drug-likeness (QED) is 0.0977. The van der Waals surface area contributed by atoms with Gasteiger partial charge in [-0.25, -0.2) is 14.4 Å². The number of carbonyl (C=O) groups excluding carboxylic acids is 7. The second-order valence-electron chi connectivity index (χ2n) is 27.6. The first-order valence-corrected chi connectivity index (χ1v) is 33.6. The molecule has 3 unspecified atom stereocenters. The summed E-state index contributed by atoms with van der Waals surface area (Å²) < 4.78 is 30.7. The van der Waals surface area contributed by atoms with Gasteiger partial charge in [0.1, 0.15) is 11.2 Å². The van der Waals surface area contributed by atoms with E-state index in [1.807, 2.05) is 88.6 Å². The molecule has 0 fully saturated rings. The van der Waals surface area contributed by atoms with E-state index in [-0.39, 0.29) is 104 Å². The maximum absolute atomic E-state index is 12.7. The van der Waals surface area contributed by atoms with Crippen molar-refractivity contribution in [2.24, 2.45) is 5.92 Å². The van der Waals surface area contributed by atoms with Crippen LogP contribution in [0.5, 0.6) is 0 Å². The molecule has 0 saturated heterocycles. The van der Waals surface area contributed by atoms with Gasteiger partial charge in [0.15, 0.2) is 0 Å². The van der Waals surface area contributed by atoms with Gasteiger partial charge >= 0.3 is 18.2 Å². The molecule has 1 radical (unpaired) electrons. The van der Waals surface area contributed by atoms with Gasteiger partial charge in [0.25, 0.3) is 17.7 Å². The van der Waals surface area contributed by atoms with E-state index >= 15 is 0 Å². The van der Waals surface area contributed by atoms with E-state index in [4.69, 9.17) is 35.2 Å². The third-order valence-electron chi connectivity index (χ3n) is 15.4. The molecule has 103 heavy (non-hydrogen) atoms. The van der Waals surface area contributed by atoms with Crippen molar-refractivity contribution < 1.29 is 84.2 Å². The monoisotopic (exact) mass is 1520 g/mol. The molecule has 22 nitrogen and oxygen atoms in total. The van der Waals surface area contributed by atoms with Gasteiger partial charge < -0.3 is 74.3 Å². The number of amides is 8. The second-order valence-corrected chi connectivity index (χ2v) is 28.9. The molecule has 0 aromatic carbocycles. The summed E-state index contributed by atoms with van der Waals surface area (Å²) in [7, 11) is 12.3. The van der Waals surface area contributed by atoms with Crippen LogP contribution in [0.1, 0.15) is 192 Å². The topological polar surface area (TPSA) is 260 Å². The minimum atomic E-state index is -2.32. The first kappa shape index (κ1) is 105. The Morgan fingerprint density at radius 1 is 0.553 bits per heavy atom. The van der Waals surface area contributed by atoms with Gasteiger partial charge in [-0.05, 0) is 204 Å². The van der Waals surface area contributed by atoms with Crippen LogP contribution in [-0.4, -0.2) is 174 Å². The molecule has 5 heterocycles. The number of carbonyl (C=O) groups is 7. The number of alkyl carbamates (subject to hydrolysis) is 2. The van der Waals surface area contributed by atoms with Crippen molar-refractivity contribution in [3.8, 4) is 109 Å². The van der Waals surface area contributed by atoms with Crippen LogP contribution in [0.4, 0.5) is 14.4 Å². The number of nitrogens with zero attached hydrogens (tertiary/aromatic N) is 5. The molecular formula is C79H120N11O11SY-. The molecule has 0 bridgehead atoms. The van der Waals surface area contributed by atoms with Crippen LogP contribution in [0.25, 0.3) is 0 Å². The zero-order valence-corrected chi connectivity index (χ0v) is 70.4. The Labute approximate surface area is 648 Å². The van der Waals surface area contributed by atoms with Crippen molar-refractivity contribution in [2.45, 2.75) is 243 Å². The van der Waals surface area contributed by atoms with Gasteiger partial charge in [-0.3, -0.25) is 19.2 Å². The number of hydrogen-bond acceptors (Lipinski definition) is 15. The second kappa shape index (κ2) is 49.7. The van der Waals surface area contributed by atoms with Gasteiger partial charge in [0.2, 0.25) is 5.91 Å². The minimum absolute atomic E-state index is 0. The number of nitrogens with one attached hydrogen (secondary N) is 6. The van der Waals surface area contributed by atoms with Crippen LogP contribution in [0.15, 0.2) is 45.6 Å². The molecular weight excluding hydrogens is 1400 g/mol. The molecule has 0 saturated carbocycles. The maximum Gasteiger partial charge on any atom is 0.408 e. The van der Waals surface area contributed by atoms with E-state index in [0.29, 0.717) is 24.0 Å². The molecule has 8 amide bonds. The third-order valence-corrected chi connectivity index (χ3v) is 16.1. The first-order valence-electron chi connectivity index (χ1n) is 32.5. The van der Waals surface area contributed by atoms with Crippen molar-refractivity contribution in [2.75, 3.05) is 56.4 Å². The summed E-state index contributed by atoms with van der Waals surface area (Å²) in [6.07, 6.45) is 22.5. The summed E-state index contributed by atoms with van der Waals surface area (Å²) in [5.41, 5.74) is 4.20. The molecule has 3 atom stereocenters. The predicted octanol–water partition coefficient (Wildman–Crippen LogP) is 9.80. The molecule has 0 spiro atoms. The van der Waals surface area contributed by atoms with Gasteiger partial charge in [0, 0.05) is 177 Å². The number of likely N-dealkylation sites (N-methyl/N-ethyl adjacent to an activating group) is 4. The molecule has 567 valence electrons. The van der Waals surface area contributed by atoms with E-state index in [2.05, 4.69) is 156 Å². The fourth-order valence-electron chi connectivity index (χ4n) is 9.06. The standard InChI is InChI=1S/C16H29N3O3.C12H19N3O2.C12H22N2O.C9H16N2O.C7H14NO4S.C7H4.C6H2.C5H4.C4H6.CH4.Y/c1-10(18-14(21)22-15(2,3)4)12-11(17-7)9-16(5,6)19(8)13(12)20;1-7-9-8(14(4)11(17)13-7)6-12(2,3)15(5)10(9)16;1-8(2)10-9(13-5)7-12(3,4)14(6)11(10)15;1-9(2)6-7(10-3)5-8(12)11(9)4;1-5(13(10)11)8-6(9)12-7(2,3)4;1-3-5-7-6-4-2;1-3-5-6-4-2;1-3-5-4-2;1-3-4-2;;/h10,17H,9H2,1-8H3,(H,18,21);7H,6H2,1-5H3,(H,13,17);8,13H,7H2,1-6H3;5,10H,6H2,1-4H3;5H,1-4H3,(H,8,9);1H,2H3;1-2H;1H,2H3;1-2H3;1H4;/q;;;;-1;;;;;;. The fourth-order valence-corrected chi connectivity index (χ4v) is 9.25. The Kier molecular flexibility index (Phi) is 50.7. The Hall–Kier alpha value is -8.86. The SMILES string of the molecule is C.C#CC#CC.C#CC#CC#C.C#CC#CC#CC.CC#CC.CC(NC(=O)OC(C)(C)C)[S-](=O)=O.CC1NC(=O)N(C)C2=C1C(=O)N(C)C(C)(C)C2.CNC1=C(C(C)C)C(=O)N(C)C(C)(C)C1.CNC1=C(C(C)NC(=O)OC(C)(C)C)C(=O)N(C)C(C)(C)C1.CNC1=CC(=O)N(C)C(C)(C)C1.[Y]. The Morgan fingerprint density at radius 3 is 1.26 bits per heavy atom. The van der Waals surface area contributed by atoms with Gasteiger partial charge in [-0.15, -0.1) is 37.5 Å². The number of ether oxygens (including phenoxy) is 2. The number of hydrogen-bond donors (Lipinski definition) is 6. The van der Waals surface area contributed by atoms with Crippen LogP contribution < -0.4 is 31.9 Å². The van der Waals surface area contributed by atoms with Crippen molar-refractivity contribution in [1.29, 1.82) is 0 Å². The smallest absolute Gasteiger partial charge is 0.408 e. The Bertz CT molecular complexity index is 3610. The summed E-state index contributed by atoms with van der Waals surface area (Å²) in [4.78, 5) is 91.8. The van der Waals surface area contributed by atoms with E-state index in [0.717, 1.165) is 41.2 Å². The summed E-state index contributed by atoms with van der Waals surface area (Å²) in [6.45, 7) is 43.1. The van der Waals surface area contributed by atoms with Crippen LogP contribution in [-0.2, 0) is 80.5 Å². The zero-order valence-electron chi connectivity index (χ0n) is 66.7. The van der Waals surface area contributed by atoms with Crippen LogP contribution in [0.2, 0.25) is 0 Å². The van der Waals surface area contributed by atoms with Gasteiger partial charge in [0.05, 0.1) is 23.2 Å².